The minimum atomic E-state index is -0.526. The lowest BCUT2D eigenvalue weighted by molar-refractivity contribution is -0.132. The molecule has 0 saturated carbocycles. The Kier molecular flexibility index (Phi) is 4.03. The Bertz CT molecular complexity index is 666. The number of fused-ring (bicyclic) bond motifs is 1. The lowest BCUT2D eigenvalue weighted by Gasteiger charge is -2.30. The van der Waals surface area contributed by atoms with Gasteiger partial charge in [-0.25, -0.2) is 0 Å². The number of benzene rings is 1. The summed E-state index contributed by atoms with van der Waals surface area (Å²) in [5.74, 6) is -0.521. The van der Waals surface area contributed by atoms with Gasteiger partial charge in [0.2, 0.25) is 5.91 Å². The fourth-order valence-corrected chi connectivity index (χ4v) is 3.82. The van der Waals surface area contributed by atoms with E-state index in [4.69, 9.17) is 18.0 Å². The van der Waals surface area contributed by atoms with E-state index in [1.54, 1.807) is 11.3 Å². The molecule has 1 aliphatic rings. The molecule has 0 fully saturated rings. The molecule has 1 unspecified atom stereocenters. The molecule has 3 rings (SSSR count). The molecule has 0 spiro atoms. The standard InChI is InChI=1S/C16H16N2OS2/c17-15(20)14(11-4-2-1-3-5-11)16(19)18-8-6-13-12(10-18)7-9-21-13/h1-5,7,9,14H,6,8,10H2,(H2,17,20). The highest BCUT2D eigenvalue weighted by molar-refractivity contribution is 7.80. The van der Waals surface area contributed by atoms with E-state index in [-0.39, 0.29) is 10.9 Å². The van der Waals surface area contributed by atoms with Crippen LogP contribution in [0.25, 0.3) is 0 Å². The summed E-state index contributed by atoms with van der Waals surface area (Å²) >= 11 is 6.90. The Labute approximate surface area is 133 Å². The smallest absolute Gasteiger partial charge is 0.237 e. The molecule has 21 heavy (non-hydrogen) atoms. The Morgan fingerprint density at radius 3 is 2.76 bits per heavy atom. The molecule has 0 aliphatic carbocycles. The summed E-state index contributed by atoms with van der Waals surface area (Å²) in [7, 11) is 0. The van der Waals surface area contributed by atoms with Crippen LogP contribution in [0.3, 0.4) is 0 Å². The molecule has 5 heteroatoms. The van der Waals surface area contributed by atoms with Gasteiger partial charge >= 0.3 is 0 Å². The second-order valence-electron chi connectivity index (χ2n) is 5.12. The van der Waals surface area contributed by atoms with Gasteiger partial charge in [-0.2, -0.15) is 0 Å². The van der Waals surface area contributed by atoms with Gasteiger partial charge in [-0.1, -0.05) is 42.5 Å². The summed E-state index contributed by atoms with van der Waals surface area (Å²) < 4.78 is 0. The van der Waals surface area contributed by atoms with Gasteiger partial charge in [0.25, 0.3) is 0 Å². The highest BCUT2D eigenvalue weighted by Gasteiger charge is 2.30. The van der Waals surface area contributed by atoms with Crippen molar-refractivity contribution in [1.29, 1.82) is 0 Å². The summed E-state index contributed by atoms with van der Waals surface area (Å²) in [6.45, 7) is 1.39. The fourth-order valence-electron chi connectivity index (χ4n) is 2.69. The predicted molar refractivity (Wildman–Crippen MR) is 89.4 cm³/mol. The molecule has 108 valence electrons. The fraction of sp³-hybridized carbons (Fsp3) is 0.250. The highest BCUT2D eigenvalue weighted by atomic mass is 32.1. The third-order valence-corrected chi connectivity index (χ3v) is 5.04. The van der Waals surface area contributed by atoms with E-state index >= 15 is 0 Å². The van der Waals surface area contributed by atoms with Crippen molar-refractivity contribution in [2.75, 3.05) is 6.54 Å². The van der Waals surface area contributed by atoms with Gasteiger partial charge < -0.3 is 10.6 Å². The number of nitrogens with two attached hydrogens (primary N) is 1. The van der Waals surface area contributed by atoms with Crippen LogP contribution in [-0.2, 0) is 17.8 Å². The van der Waals surface area contributed by atoms with Crippen molar-refractivity contribution in [2.24, 2.45) is 5.73 Å². The van der Waals surface area contributed by atoms with Gasteiger partial charge in [0.1, 0.15) is 5.92 Å². The number of thiocarbonyl (C=S) groups is 1. The zero-order chi connectivity index (χ0) is 14.8. The molecule has 0 saturated heterocycles. The Balaban J connectivity index is 1.84. The van der Waals surface area contributed by atoms with Crippen molar-refractivity contribution in [3.8, 4) is 0 Å². The third kappa shape index (κ3) is 2.84. The first-order valence-corrected chi connectivity index (χ1v) is 8.14. The quantitative estimate of drug-likeness (QED) is 0.886. The highest BCUT2D eigenvalue weighted by Crippen LogP contribution is 2.27. The number of amides is 1. The second-order valence-corrected chi connectivity index (χ2v) is 6.60. The minimum absolute atomic E-state index is 0.00514. The van der Waals surface area contributed by atoms with E-state index in [2.05, 4.69) is 11.4 Å². The molecule has 2 heterocycles. The van der Waals surface area contributed by atoms with Gasteiger partial charge in [0.15, 0.2) is 0 Å². The van der Waals surface area contributed by atoms with E-state index in [1.807, 2.05) is 35.2 Å². The molecule has 1 aromatic heterocycles. The molecule has 0 radical (unpaired) electrons. The van der Waals surface area contributed by atoms with E-state index in [1.165, 1.54) is 10.4 Å². The maximum absolute atomic E-state index is 12.8. The first-order chi connectivity index (χ1) is 10.2. The van der Waals surface area contributed by atoms with Crippen molar-refractivity contribution in [2.45, 2.75) is 18.9 Å². The first kappa shape index (κ1) is 14.2. The number of nitrogens with zero attached hydrogens (tertiary/aromatic N) is 1. The normalized spacial score (nSPS) is 15.3. The van der Waals surface area contributed by atoms with E-state index in [9.17, 15) is 4.79 Å². The van der Waals surface area contributed by atoms with Crippen LogP contribution in [0.5, 0.6) is 0 Å². The monoisotopic (exact) mass is 316 g/mol. The van der Waals surface area contributed by atoms with Crippen LogP contribution in [0.2, 0.25) is 0 Å². The van der Waals surface area contributed by atoms with Gasteiger partial charge in [-0.05, 0) is 29.0 Å². The van der Waals surface area contributed by atoms with Crippen molar-refractivity contribution in [3.63, 3.8) is 0 Å². The molecule has 3 nitrogen and oxygen atoms in total. The molecule has 1 amide bonds. The Hall–Kier alpha value is -1.72. The Morgan fingerprint density at radius 2 is 2.05 bits per heavy atom. The van der Waals surface area contributed by atoms with Crippen LogP contribution < -0.4 is 5.73 Å². The average Bonchev–Trinajstić information content (AvgIpc) is 2.95. The molecule has 0 bridgehead atoms. The van der Waals surface area contributed by atoms with Gasteiger partial charge in [-0.3, -0.25) is 4.79 Å². The SMILES string of the molecule is NC(=S)C(C(=O)N1CCc2sccc2C1)c1ccccc1. The molecule has 2 N–H and O–H groups in total. The number of carbonyl (C=O) groups excluding carboxylic acids is 1. The predicted octanol–water partition coefficient (Wildman–Crippen LogP) is 2.70. The maximum atomic E-state index is 12.8. The topological polar surface area (TPSA) is 46.3 Å². The summed E-state index contributed by atoms with van der Waals surface area (Å²) in [4.78, 5) is 16.3. The van der Waals surface area contributed by atoms with Crippen molar-refractivity contribution < 1.29 is 4.79 Å². The molecule has 2 aromatic rings. The van der Waals surface area contributed by atoms with Crippen molar-refractivity contribution in [1.82, 2.24) is 4.90 Å². The molecular weight excluding hydrogens is 300 g/mol. The van der Waals surface area contributed by atoms with Crippen LogP contribution in [0.1, 0.15) is 21.9 Å². The Morgan fingerprint density at radius 1 is 1.29 bits per heavy atom. The summed E-state index contributed by atoms with van der Waals surface area (Å²) in [5.41, 5.74) is 7.95. The van der Waals surface area contributed by atoms with E-state index < -0.39 is 5.92 Å². The summed E-state index contributed by atoms with van der Waals surface area (Å²) in [6.07, 6.45) is 0.914. The lowest BCUT2D eigenvalue weighted by atomic mass is 9.96. The average molecular weight is 316 g/mol. The molecule has 1 atom stereocenters. The molecular formula is C16H16N2OS2. The van der Waals surface area contributed by atoms with Crippen molar-refractivity contribution >= 4 is 34.5 Å². The largest absolute Gasteiger partial charge is 0.392 e. The van der Waals surface area contributed by atoms with Crippen LogP contribution in [0.4, 0.5) is 0 Å². The van der Waals surface area contributed by atoms with Gasteiger partial charge in [-0.15, -0.1) is 11.3 Å². The summed E-state index contributed by atoms with van der Waals surface area (Å²) in [5, 5.41) is 2.08. The van der Waals surface area contributed by atoms with Crippen molar-refractivity contribution in [3.05, 3.63) is 57.8 Å². The van der Waals surface area contributed by atoms with E-state index in [0.29, 0.717) is 6.54 Å². The minimum Gasteiger partial charge on any atom is -0.392 e. The maximum Gasteiger partial charge on any atom is 0.237 e. The second kappa shape index (κ2) is 5.95. The van der Waals surface area contributed by atoms with Gasteiger partial charge in [0.05, 0.1) is 4.99 Å². The number of hydrogen-bond acceptors (Lipinski definition) is 3. The van der Waals surface area contributed by atoms with Crippen LogP contribution in [0.15, 0.2) is 41.8 Å². The zero-order valence-electron chi connectivity index (χ0n) is 11.5. The van der Waals surface area contributed by atoms with E-state index in [0.717, 1.165) is 18.5 Å². The number of hydrogen-bond donors (Lipinski definition) is 1. The van der Waals surface area contributed by atoms with Crippen LogP contribution in [-0.4, -0.2) is 22.3 Å². The third-order valence-electron chi connectivity index (χ3n) is 3.78. The summed E-state index contributed by atoms with van der Waals surface area (Å²) in [6, 6.07) is 11.6. The number of rotatable bonds is 3. The zero-order valence-corrected chi connectivity index (χ0v) is 13.1. The van der Waals surface area contributed by atoms with Crippen LogP contribution in [0, 0.1) is 0 Å². The first-order valence-electron chi connectivity index (χ1n) is 6.85. The lowest BCUT2D eigenvalue weighted by Crippen LogP contribution is -2.42. The number of carbonyl (C=O) groups is 1. The molecule has 1 aromatic carbocycles. The van der Waals surface area contributed by atoms with Gasteiger partial charge in [0, 0.05) is 18.0 Å². The molecule has 1 aliphatic heterocycles. The number of thiophene rings is 1. The van der Waals surface area contributed by atoms with Crippen LogP contribution >= 0.6 is 23.6 Å².